The molecule has 43 heavy (non-hydrogen) atoms. The van der Waals surface area contributed by atoms with Crippen LogP contribution in [0.25, 0.3) is 0 Å². The number of benzene rings is 2. The summed E-state index contributed by atoms with van der Waals surface area (Å²) in [6.45, 7) is 4.08. The number of quaternary nitrogens is 1. The Bertz CT molecular complexity index is 1220. The van der Waals surface area contributed by atoms with Gasteiger partial charge in [0.05, 0.1) is 25.2 Å². The van der Waals surface area contributed by atoms with Crippen molar-refractivity contribution in [3.8, 4) is 0 Å². The third-order valence-electron chi connectivity index (χ3n) is 9.12. The average Bonchev–Trinajstić information content (AvgIpc) is 3.54. The summed E-state index contributed by atoms with van der Waals surface area (Å²) >= 11 is 0. The molecule has 0 N–H and O–H groups in total. The molecule has 0 saturated carbocycles. The molecule has 0 aromatic heterocycles. The zero-order chi connectivity index (χ0) is 30.5. The highest BCUT2D eigenvalue weighted by atomic mass is 16.8. The first kappa shape index (κ1) is 30.5. The Kier molecular flexibility index (Phi) is 9.34. The Morgan fingerprint density at radius 3 is 1.74 bits per heavy atom. The highest BCUT2D eigenvalue weighted by Crippen LogP contribution is 2.47. The Labute approximate surface area is 251 Å². The molecule has 3 aliphatic rings. The van der Waals surface area contributed by atoms with Gasteiger partial charge >= 0.3 is 24.1 Å². The summed E-state index contributed by atoms with van der Waals surface area (Å²) in [5.41, 5.74) is -1.20. The maximum absolute atomic E-state index is 14.4. The summed E-state index contributed by atoms with van der Waals surface area (Å²) in [6.07, 6.45) is 3.64. The van der Waals surface area contributed by atoms with Gasteiger partial charge in [0.2, 0.25) is 0 Å². The molecular formula is C33H40NO9+. The quantitative estimate of drug-likeness (QED) is 0.224. The fourth-order valence-corrected chi connectivity index (χ4v) is 7.27. The van der Waals surface area contributed by atoms with E-state index in [2.05, 4.69) is 0 Å². The van der Waals surface area contributed by atoms with Crippen LogP contribution >= 0.6 is 0 Å². The number of piperidine rings is 1. The Morgan fingerprint density at radius 1 is 0.791 bits per heavy atom. The van der Waals surface area contributed by atoms with E-state index in [1.54, 1.807) is 60.7 Å². The van der Waals surface area contributed by atoms with E-state index in [4.69, 9.17) is 23.7 Å². The zero-order valence-corrected chi connectivity index (χ0v) is 24.8. The summed E-state index contributed by atoms with van der Waals surface area (Å²) in [5, 5.41) is 0. The molecular weight excluding hydrogens is 554 g/mol. The van der Waals surface area contributed by atoms with Crippen LogP contribution in [0.1, 0.15) is 63.5 Å². The van der Waals surface area contributed by atoms with Crippen molar-refractivity contribution in [3.05, 3.63) is 71.8 Å². The summed E-state index contributed by atoms with van der Waals surface area (Å²) in [7, 11) is 0. The molecule has 2 unspecified atom stereocenters. The second kappa shape index (κ2) is 13.2. The Hall–Kier alpha value is -3.92. The van der Waals surface area contributed by atoms with Crippen LogP contribution in [0.4, 0.5) is 4.79 Å². The summed E-state index contributed by atoms with van der Waals surface area (Å²) in [5.74, 6) is -1.91. The van der Waals surface area contributed by atoms with Gasteiger partial charge in [0.25, 0.3) is 5.60 Å². The topological polar surface area (TPSA) is 114 Å². The molecule has 0 aliphatic carbocycles. The molecule has 2 aromatic carbocycles. The number of esters is 3. The number of carbonyl (C=O) groups is 4. The lowest BCUT2D eigenvalue weighted by Gasteiger charge is -2.47. The van der Waals surface area contributed by atoms with E-state index >= 15 is 0 Å². The van der Waals surface area contributed by atoms with E-state index in [1.807, 2.05) is 0 Å². The van der Waals surface area contributed by atoms with Crippen LogP contribution in [0.5, 0.6) is 0 Å². The fourth-order valence-electron chi connectivity index (χ4n) is 7.27. The maximum Gasteiger partial charge on any atom is 0.510 e. The largest absolute Gasteiger partial charge is 0.510 e. The van der Waals surface area contributed by atoms with Crippen molar-refractivity contribution in [1.29, 1.82) is 0 Å². The molecule has 3 saturated heterocycles. The molecule has 1 spiro atoms. The van der Waals surface area contributed by atoms with Gasteiger partial charge < -0.3 is 28.2 Å². The van der Waals surface area contributed by atoms with Crippen molar-refractivity contribution < 1.29 is 47.3 Å². The third kappa shape index (κ3) is 6.54. The van der Waals surface area contributed by atoms with E-state index in [-0.39, 0.29) is 19.3 Å². The minimum atomic E-state index is -1.98. The van der Waals surface area contributed by atoms with Crippen molar-refractivity contribution in [2.24, 2.45) is 0 Å². The van der Waals surface area contributed by atoms with E-state index in [1.165, 1.54) is 39.8 Å². The summed E-state index contributed by atoms with van der Waals surface area (Å²) in [4.78, 5) is 50.7. The highest BCUT2D eigenvalue weighted by Gasteiger charge is 2.57. The van der Waals surface area contributed by atoms with E-state index in [9.17, 15) is 19.2 Å². The molecule has 5 rings (SSSR count). The van der Waals surface area contributed by atoms with Crippen molar-refractivity contribution in [3.63, 3.8) is 0 Å². The van der Waals surface area contributed by atoms with Gasteiger partial charge in [0.1, 0.15) is 19.3 Å². The molecule has 10 heteroatoms. The lowest BCUT2D eigenvalue weighted by Crippen LogP contribution is -2.60. The SMILES string of the molecule is CC(=O)OCC(COC(C)=O)OC(=O)OC(C(=O)OC1CC2CCC(C1)[N+]21CCCC1)(c1ccccc1)c1ccccc1. The third-order valence-corrected chi connectivity index (χ3v) is 9.12. The maximum atomic E-state index is 14.4. The van der Waals surface area contributed by atoms with Gasteiger partial charge in [-0.2, -0.15) is 0 Å². The predicted molar refractivity (Wildman–Crippen MR) is 153 cm³/mol. The van der Waals surface area contributed by atoms with Gasteiger partial charge in [-0.05, 0) is 0 Å². The minimum absolute atomic E-state index is 0.304. The number of carbonyl (C=O) groups excluding carboxylic acids is 4. The van der Waals surface area contributed by atoms with Crippen LogP contribution in [0, 0.1) is 0 Å². The molecule has 230 valence electrons. The molecule has 10 nitrogen and oxygen atoms in total. The van der Waals surface area contributed by atoms with E-state index in [0.29, 0.717) is 23.2 Å². The van der Waals surface area contributed by atoms with Crippen LogP contribution in [-0.2, 0) is 43.7 Å². The van der Waals surface area contributed by atoms with Gasteiger partial charge in [-0.1, -0.05) is 60.7 Å². The lowest BCUT2D eigenvalue weighted by atomic mass is 9.85. The van der Waals surface area contributed by atoms with Gasteiger partial charge in [-0.3, -0.25) is 9.59 Å². The van der Waals surface area contributed by atoms with Crippen LogP contribution in [0.2, 0.25) is 0 Å². The van der Waals surface area contributed by atoms with Crippen molar-refractivity contribution >= 4 is 24.1 Å². The summed E-state index contributed by atoms with van der Waals surface area (Å²) < 4.78 is 28.9. The van der Waals surface area contributed by atoms with Crippen molar-refractivity contribution in [2.45, 2.75) is 82.3 Å². The van der Waals surface area contributed by atoms with Crippen molar-refractivity contribution in [1.82, 2.24) is 0 Å². The molecule has 3 heterocycles. The number of rotatable bonds is 10. The highest BCUT2D eigenvalue weighted by molar-refractivity contribution is 5.88. The monoisotopic (exact) mass is 594 g/mol. The lowest BCUT2D eigenvalue weighted by molar-refractivity contribution is -0.956. The second-order valence-corrected chi connectivity index (χ2v) is 11.8. The fraction of sp³-hybridized carbons (Fsp3) is 0.515. The van der Waals surface area contributed by atoms with Crippen molar-refractivity contribution in [2.75, 3.05) is 26.3 Å². The molecule has 0 radical (unpaired) electrons. The van der Waals surface area contributed by atoms with Gasteiger partial charge in [-0.15, -0.1) is 0 Å². The smallest absolute Gasteiger partial charge is 0.462 e. The normalized spacial score (nSPS) is 22.2. The molecule has 2 atom stereocenters. The average molecular weight is 595 g/mol. The Morgan fingerprint density at radius 2 is 1.28 bits per heavy atom. The molecule has 0 amide bonds. The molecule has 3 aliphatic heterocycles. The van der Waals surface area contributed by atoms with Crippen LogP contribution < -0.4 is 0 Å². The number of hydrogen-bond donors (Lipinski definition) is 0. The van der Waals surface area contributed by atoms with Crippen LogP contribution in [-0.4, -0.2) is 79.1 Å². The van der Waals surface area contributed by atoms with Gasteiger partial charge in [0, 0.05) is 63.5 Å². The van der Waals surface area contributed by atoms with E-state index < -0.39 is 35.8 Å². The van der Waals surface area contributed by atoms with Crippen LogP contribution in [0.15, 0.2) is 60.7 Å². The standard InChI is InChI=1S/C33H40NO9/c1-23(35)39-21-30(22-40-24(2)36)42-32(38)43-33(25-11-5-3-6-12-25,26-13-7-4-8-14-26)31(37)41-29-19-27-15-16-28(20-29)34(27)17-9-10-18-34/h3-8,11-14,27-30H,9-10,15-22H2,1-2H3/q+1. The molecule has 2 aromatic rings. The molecule has 2 bridgehead atoms. The molecule has 3 fully saturated rings. The second-order valence-electron chi connectivity index (χ2n) is 11.8. The summed E-state index contributed by atoms with van der Waals surface area (Å²) in [6, 6.07) is 18.3. The number of hydrogen-bond acceptors (Lipinski definition) is 9. The first-order valence-corrected chi connectivity index (χ1v) is 15.1. The number of ether oxygens (including phenoxy) is 5. The zero-order valence-electron chi connectivity index (χ0n) is 24.8. The van der Waals surface area contributed by atoms with Crippen LogP contribution in [0.3, 0.4) is 0 Å². The number of nitrogens with zero attached hydrogens (tertiary/aromatic N) is 1. The predicted octanol–water partition coefficient (Wildman–Crippen LogP) is 4.43. The Balaban J connectivity index is 1.43. The van der Waals surface area contributed by atoms with Gasteiger partial charge in [0.15, 0.2) is 6.10 Å². The van der Waals surface area contributed by atoms with E-state index in [0.717, 1.165) is 30.2 Å². The first-order valence-electron chi connectivity index (χ1n) is 15.1. The first-order chi connectivity index (χ1) is 20.7. The van der Waals surface area contributed by atoms with Gasteiger partial charge in [-0.25, -0.2) is 9.59 Å². The minimum Gasteiger partial charge on any atom is -0.462 e.